The van der Waals surface area contributed by atoms with Crippen LogP contribution in [0.2, 0.25) is 0 Å². The molecule has 2 atom stereocenters. The van der Waals surface area contributed by atoms with Gasteiger partial charge < -0.3 is 11.5 Å². The molecule has 0 aliphatic heterocycles. The molecule has 0 spiro atoms. The molecule has 2 rings (SSSR count). The zero-order valence-corrected chi connectivity index (χ0v) is 9.89. The van der Waals surface area contributed by atoms with Gasteiger partial charge in [-0.15, -0.1) is 11.8 Å². The second kappa shape index (κ2) is 4.45. The van der Waals surface area contributed by atoms with Crippen LogP contribution in [0.3, 0.4) is 0 Å². The van der Waals surface area contributed by atoms with Gasteiger partial charge in [-0.2, -0.15) is 0 Å². The third-order valence-corrected chi connectivity index (χ3v) is 4.69. The van der Waals surface area contributed by atoms with E-state index in [0.29, 0.717) is 11.3 Å². The zero-order valence-electron chi connectivity index (χ0n) is 9.07. The van der Waals surface area contributed by atoms with Crippen molar-refractivity contribution in [3.63, 3.8) is 0 Å². The van der Waals surface area contributed by atoms with Gasteiger partial charge in [-0.3, -0.25) is 0 Å². The molecule has 1 aliphatic carbocycles. The van der Waals surface area contributed by atoms with Gasteiger partial charge in [-0.05, 0) is 37.5 Å². The fourth-order valence-electron chi connectivity index (χ4n) is 2.02. The summed E-state index contributed by atoms with van der Waals surface area (Å²) in [7, 11) is 0. The summed E-state index contributed by atoms with van der Waals surface area (Å²) < 4.78 is 0. The third kappa shape index (κ3) is 2.29. The molecule has 15 heavy (non-hydrogen) atoms. The molecule has 1 aliphatic rings. The van der Waals surface area contributed by atoms with Crippen molar-refractivity contribution in [2.75, 3.05) is 5.73 Å². The molecule has 82 valence electrons. The van der Waals surface area contributed by atoms with E-state index in [4.69, 9.17) is 11.5 Å². The Kier molecular flexibility index (Phi) is 3.22. The largest absolute Gasteiger partial charge is 0.398 e. The summed E-state index contributed by atoms with van der Waals surface area (Å²) in [5, 5.41) is 0.575. The monoisotopic (exact) mass is 222 g/mol. The minimum Gasteiger partial charge on any atom is -0.398 e. The molecule has 0 amide bonds. The van der Waals surface area contributed by atoms with E-state index in [1.165, 1.54) is 29.7 Å². The molecule has 1 fully saturated rings. The summed E-state index contributed by atoms with van der Waals surface area (Å²) in [4.78, 5) is 1.29. The van der Waals surface area contributed by atoms with Crippen molar-refractivity contribution in [2.24, 2.45) is 5.73 Å². The summed E-state index contributed by atoms with van der Waals surface area (Å²) in [6, 6.07) is 6.47. The topological polar surface area (TPSA) is 52.0 Å². The average Bonchev–Trinajstić information content (AvgIpc) is 2.60. The maximum atomic E-state index is 6.06. The highest BCUT2D eigenvalue weighted by molar-refractivity contribution is 8.00. The lowest BCUT2D eigenvalue weighted by atomic mass is 10.2. The number of thioether (sulfide) groups is 1. The molecule has 0 aromatic heterocycles. The van der Waals surface area contributed by atoms with E-state index < -0.39 is 0 Å². The van der Waals surface area contributed by atoms with Crippen molar-refractivity contribution >= 4 is 17.4 Å². The van der Waals surface area contributed by atoms with Gasteiger partial charge in [0.15, 0.2) is 0 Å². The van der Waals surface area contributed by atoms with Crippen LogP contribution in [-0.2, 0) is 0 Å². The fourth-order valence-corrected chi connectivity index (χ4v) is 3.40. The molecule has 0 saturated heterocycles. The van der Waals surface area contributed by atoms with Crippen molar-refractivity contribution in [1.82, 2.24) is 0 Å². The van der Waals surface area contributed by atoms with Crippen LogP contribution in [0.1, 0.15) is 24.8 Å². The standard InChI is InChI=1S/C12H18N2S/c1-8-9(13)4-2-6-11(8)15-12-7-3-5-10(12)14/h2,4,6,10,12H,3,5,7,13-14H2,1H3. The van der Waals surface area contributed by atoms with E-state index >= 15 is 0 Å². The SMILES string of the molecule is Cc1c(N)cccc1SC1CCCC1N. The van der Waals surface area contributed by atoms with Gasteiger partial charge in [0.2, 0.25) is 0 Å². The van der Waals surface area contributed by atoms with Crippen LogP contribution in [-0.4, -0.2) is 11.3 Å². The lowest BCUT2D eigenvalue weighted by molar-refractivity contribution is 0.716. The van der Waals surface area contributed by atoms with Gasteiger partial charge in [0.25, 0.3) is 0 Å². The highest BCUT2D eigenvalue weighted by Gasteiger charge is 2.25. The minimum atomic E-state index is 0.357. The first-order valence-corrected chi connectivity index (χ1v) is 6.34. The molecule has 2 nitrogen and oxygen atoms in total. The van der Waals surface area contributed by atoms with Gasteiger partial charge in [0, 0.05) is 21.9 Å². The van der Waals surface area contributed by atoms with E-state index in [-0.39, 0.29) is 0 Å². The van der Waals surface area contributed by atoms with Crippen LogP contribution >= 0.6 is 11.8 Å². The molecule has 1 aromatic rings. The lowest BCUT2D eigenvalue weighted by Crippen LogP contribution is -2.26. The Morgan fingerprint density at radius 1 is 1.33 bits per heavy atom. The van der Waals surface area contributed by atoms with Crippen molar-refractivity contribution < 1.29 is 0 Å². The Bertz CT molecular complexity index is 351. The molecule has 0 heterocycles. The Morgan fingerprint density at radius 3 is 2.80 bits per heavy atom. The normalized spacial score (nSPS) is 25.7. The number of rotatable bonds is 2. The molecule has 0 bridgehead atoms. The molecule has 0 radical (unpaired) electrons. The maximum Gasteiger partial charge on any atom is 0.0354 e. The summed E-state index contributed by atoms with van der Waals surface area (Å²) in [5.74, 6) is 0. The van der Waals surface area contributed by atoms with Gasteiger partial charge in [-0.25, -0.2) is 0 Å². The van der Waals surface area contributed by atoms with Crippen LogP contribution in [0.25, 0.3) is 0 Å². The average molecular weight is 222 g/mol. The van der Waals surface area contributed by atoms with E-state index in [1.54, 1.807) is 0 Å². The number of nitrogen functional groups attached to an aromatic ring is 1. The first kappa shape index (κ1) is 10.8. The van der Waals surface area contributed by atoms with Crippen LogP contribution in [0, 0.1) is 6.92 Å². The summed E-state index contributed by atoms with van der Waals surface area (Å²) in [6.07, 6.45) is 3.67. The van der Waals surface area contributed by atoms with Crippen LogP contribution in [0.4, 0.5) is 5.69 Å². The third-order valence-electron chi connectivity index (χ3n) is 3.11. The second-order valence-electron chi connectivity index (χ2n) is 4.22. The Morgan fingerprint density at radius 2 is 2.13 bits per heavy atom. The van der Waals surface area contributed by atoms with Crippen molar-refractivity contribution in [3.05, 3.63) is 23.8 Å². The van der Waals surface area contributed by atoms with Gasteiger partial charge >= 0.3 is 0 Å². The molecule has 4 N–H and O–H groups in total. The van der Waals surface area contributed by atoms with Crippen LogP contribution < -0.4 is 11.5 Å². The number of anilines is 1. The maximum absolute atomic E-state index is 6.06. The predicted octanol–water partition coefficient (Wildman–Crippen LogP) is 2.55. The molecule has 1 aromatic carbocycles. The lowest BCUT2D eigenvalue weighted by Gasteiger charge is -2.16. The van der Waals surface area contributed by atoms with E-state index in [2.05, 4.69) is 13.0 Å². The summed E-state index contributed by atoms with van der Waals surface area (Å²) in [6.45, 7) is 2.08. The van der Waals surface area contributed by atoms with Crippen LogP contribution in [0.5, 0.6) is 0 Å². The molecule has 3 heteroatoms. The van der Waals surface area contributed by atoms with E-state index in [9.17, 15) is 0 Å². The Labute approximate surface area is 95.4 Å². The fraction of sp³-hybridized carbons (Fsp3) is 0.500. The molecular weight excluding hydrogens is 204 g/mol. The molecule has 1 saturated carbocycles. The van der Waals surface area contributed by atoms with Gasteiger partial charge in [-0.1, -0.05) is 12.5 Å². The highest BCUT2D eigenvalue weighted by atomic mass is 32.2. The van der Waals surface area contributed by atoms with E-state index in [1.807, 2.05) is 23.9 Å². The Hall–Kier alpha value is -0.670. The first-order chi connectivity index (χ1) is 7.18. The van der Waals surface area contributed by atoms with Crippen molar-refractivity contribution in [2.45, 2.75) is 42.4 Å². The summed E-state index contributed by atoms with van der Waals surface area (Å²) >= 11 is 1.90. The second-order valence-corrected chi connectivity index (χ2v) is 5.50. The van der Waals surface area contributed by atoms with Gasteiger partial charge in [0.05, 0.1) is 0 Å². The number of nitrogens with two attached hydrogens (primary N) is 2. The zero-order chi connectivity index (χ0) is 10.8. The smallest absolute Gasteiger partial charge is 0.0354 e. The Balaban J connectivity index is 2.13. The molecule has 2 unspecified atom stereocenters. The number of hydrogen-bond acceptors (Lipinski definition) is 3. The van der Waals surface area contributed by atoms with Crippen molar-refractivity contribution in [1.29, 1.82) is 0 Å². The van der Waals surface area contributed by atoms with Gasteiger partial charge in [0.1, 0.15) is 0 Å². The number of benzene rings is 1. The van der Waals surface area contributed by atoms with Crippen LogP contribution in [0.15, 0.2) is 23.1 Å². The summed E-state index contributed by atoms with van der Waals surface area (Å²) in [5.41, 5.74) is 14.0. The first-order valence-electron chi connectivity index (χ1n) is 5.46. The molecular formula is C12H18N2S. The quantitative estimate of drug-likeness (QED) is 0.756. The highest BCUT2D eigenvalue weighted by Crippen LogP contribution is 2.36. The van der Waals surface area contributed by atoms with Crippen molar-refractivity contribution in [3.8, 4) is 0 Å². The van der Waals surface area contributed by atoms with E-state index in [0.717, 1.165) is 5.69 Å². The predicted molar refractivity (Wildman–Crippen MR) is 67.1 cm³/mol. The minimum absolute atomic E-state index is 0.357. The number of hydrogen-bond donors (Lipinski definition) is 2.